The van der Waals surface area contributed by atoms with Crippen molar-refractivity contribution in [1.82, 2.24) is 35.0 Å². The number of nitrogens with zero attached hydrogens (tertiary/aromatic N) is 5. The molecule has 0 aliphatic heterocycles. The van der Waals surface area contributed by atoms with E-state index in [9.17, 15) is 9.90 Å². The van der Waals surface area contributed by atoms with Crippen LogP contribution in [0.3, 0.4) is 0 Å². The molecule has 1 amide bonds. The number of fused-ring (bicyclic) bond motifs is 2. The van der Waals surface area contributed by atoms with Crippen LogP contribution in [0.1, 0.15) is 47.6 Å². The van der Waals surface area contributed by atoms with Crippen molar-refractivity contribution in [3.8, 4) is 11.3 Å². The predicted molar refractivity (Wildman–Crippen MR) is 141 cm³/mol. The fraction of sp³-hybridized carbons (Fsp3) is 0.321. The number of carbonyl (C=O) groups is 1. The van der Waals surface area contributed by atoms with Crippen molar-refractivity contribution in [3.05, 3.63) is 72.1 Å². The summed E-state index contributed by atoms with van der Waals surface area (Å²) in [4.78, 5) is 26.3. The third-order valence-corrected chi connectivity index (χ3v) is 7.35. The van der Waals surface area contributed by atoms with E-state index in [-0.39, 0.29) is 11.9 Å². The number of amides is 1. The lowest BCUT2D eigenvalue weighted by molar-refractivity contribution is -0.0207. The predicted octanol–water partition coefficient (Wildman–Crippen LogP) is 4.09. The van der Waals surface area contributed by atoms with Gasteiger partial charge < -0.3 is 15.0 Å². The maximum absolute atomic E-state index is 13.3. The van der Waals surface area contributed by atoms with E-state index in [1.54, 1.807) is 18.6 Å². The summed E-state index contributed by atoms with van der Waals surface area (Å²) in [6.45, 7) is 4.32. The topological polar surface area (TPSA) is 122 Å². The van der Waals surface area contributed by atoms with Crippen LogP contribution in [0.25, 0.3) is 33.2 Å². The molecule has 1 fully saturated rings. The zero-order valence-corrected chi connectivity index (χ0v) is 20.9. The first-order chi connectivity index (χ1) is 17.9. The summed E-state index contributed by atoms with van der Waals surface area (Å²) in [6, 6.07) is 11.3. The van der Waals surface area contributed by atoms with Crippen LogP contribution in [0.2, 0.25) is 0 Å². The molecular formula is C28H29N7O2. The number of hydrogen-bond donors (Lipinski definition) is 3. The van der Waals surface area contributed by atoms with Crippen molar-refractivity contribution in [2.24, 2.45) is 0 Å². The standard InChI is InChI=1S/C28H29N7O2/c1-17-12-19(7-11-30-17)26-22-13-20(5-6-23(22)33-34-26)27(36)32-21-4-3-9-28(37,14-21)16-35-18(2)31-24-15-29-10-8-25(24)35/h5-8,10-13,15,21,37H,3-4,9,14,16H2,1-2H3,(H,32,36)(H,33,34)/t21-,28-/m0/s1. The molecule has 188 valence electrons. The first kappa shape index (κ1) is 23.3. The van der Waals surface area contributed by atoms with E-state index in [2.05, 4.69) is 35.0 Å². The molecule has 0 spiro atoms. The number of aryl methyl sites for hydroxylation is 2. The minimum atomic E-state index is -0.932. The Morgan fingerprint density at radius 1 is 1.22 bits per heavy atom. The number of pyridine rings is 2. The lowest BCUT2D eigenvalue weighted by Gasteiger charge is -2.37. The summed E-state index contributed by atoms with van der Waals surface area (Å²) in [6.07, 6.45) is 8.07. The molecule has 4 aromatic heterocycles. The zero-order chi connectivity index (χ0) is 25.6. The Morgan fingerprint density at radius 3 is 2.97 bits per heavy atom. The number of aromatic amines is 1. The number of benzene rings is 1. The van der Waals surface area contributed by atoms with Gasteiger partial charge in [0, 0.05) is 40.6 Å². The molecule has 0 bridgehead atoms. The monoisotopic (exact) mass is 495 g/mol. The highest BCUT2D eigenvalue weighted by Crippen LogP contribution is 2.32. The van der Waals surface area contributed by atoms with Crippen molar-refractivity contribution < 1.29 is 9.90 Å². The Balaban J connectivity index is 1.21. The summed E-state index contributed by atoms with van der Waals surface area (Å²) in [7, 11) is 0. The molecule has 0 radical (unpaired) electrons. The molecule has 9 heteroatoms. The van der Waals surface area contributed by atoms with Gasteiger partial charge >= 0.3 is 0 Å². The molecule has 0 saturated heterocycles. The minimum absolute atomic E-state index is 0.120. The van der Waals surface area contributed by atoms with Crippen LogP contribution in [0, 0.1) is 13.8 Å². The third kappa shape index (κ3) is 4.46. The fourth-order valence-corrected chi connectivity index (χ4v) is 5.54. The maximum atomic E-state index is 13.3. The second-order valence-corrected chi connectivity index (χ2v) is 10.1. The van der Waals surface area contributed by atoms with Crippen LogP contribution in [0.5, 0.6) is 0 Å². The van der Waals surface area contributed by atoms with Crippen molar-refractivity contribution in [2.75, 3.05) is 0 Å². The van der Waals surface area contributed by atoms with Gasteiger partial charge in [0.2, 0.25) is 0 Å². The van der Waals surface area contributed by atoms with Crippen LogP contribution in [-0.4, -0.2) is 52.4 Å². The summed E-state index contributed by atoms with van der Waals surface area (Å²) in [5.41, 5.74) is 4.93. The molecule has 6 rings (SSSR count). The number of hydrogen-bond acceptors (Lipinski definition) is 6. The maximum Gasteiger partial charge on any atom is 0.251 e. The lowest BCUT2D eigenvalue weighted by atomic mass is 9.81. The zero-order valence-electron chi connectivity index (χ0n) is 20.9. The van der Waals surface area contributed by atoms with Gasteiger partial charge in [-0.1, -0.05) is 0 Å². The van der Waals surface area contributed by atoms with Crippen LogP contribution in [-0.2, 0) is 6.54 Å². The first-order valence-corrected chi connectivity index (χ1v) is 12.6. The normalized spacial score (nSPS) is 19.9. The number of H-pyrrole nitrogens is 1. The number of rotatable bonds is 5. The summed E-state index contributed by atoms with van der Waals surface area (Å²) in [5.74, 6) is 0.695. The second-order valence-electron chi connectivity index (χ2n) is 10.1. The van der Waals surface area contributed by atoms with E-state index in [0.717, 1.165) is 57.6 Å². The Morgan fingerprint density at radius 2 is 2.11 bits per heavy atom. The molecular weight excluding hydrogens is 466 g/mol. The van der Waals surface area contributed by atoms with Gasteiger partial charge in [0.25, 0.3) is 5.91 Å². The van der Waals surface area contributed by atoms with Gasteiger partial charge in [0.1, 0.15) is 17.0 Å². The van der Waals surface area contributed by atoms with Crippen LogP contribution >= 0.6 is 0 Å². The van der Waals surface area contributed by atoms with E-state index in [4.69, 9.17) is 0 Å². The van der Waals surface area contributed by atoms with Gasteiger partial charge in [-0.2, -0.15) is 5.10 Å². The van der Waals surface area contributed by atoms with E-state index >= 15 is 0 Å². The fourth-order valence-electron chi connectivity index (χ4n) is 5.54. The van der Waals surface area contributed by atoms with E-state index in [1.165, 1.54) is 0 Å². The highest BCUT2D eigenvalue weighted by atomic mass is 16.3. The number of nitrogens with one attached hydrogen (secondary N) is 2. The van der Waals surface area contributed by atoms with Gasteiger partial charge in [-0.3, -0.25) is 19.9 Å². The molecule has 1 saturated carbocycles. The van der Waals surface area contributed by atoms with Gasteiger partial charge in [0.15, 0.2) is 0 Å². The Hall–Kier alpha value is -4.11. The van der Waals surface area contributed by atoms with Crippen molar-refractivity contribution in [1.29, 1.82) is 0 Å². The molecule has 37 heavy (non-hydrogen) atoms. The molecule has 9 nitrogen and oxygen atoms in total. The number of carbonyl (C=O) groups excluding carboxylic acids is 1. The second kappa shape index (κ2) is 9.08. The van der Waals surface area contributed by atoms with Crippen LogP contribution < -0.4 is 5.32 Å². The molecule has 2 atom stereocenters. The summed E-state index contributed by atoms with van der Waals surface area (Å²) >= 11 is 0. The van der Waals surface area contributed by atoms with Crippen molar-refractivity contribution in [2.45, 2.75) is 57.7 Å². The van der Waals surface area contributed by atoms with Crippen molar-refractivity contribution in [3.63, 3.8) is 0 Å². The van der Waals surface area contributed by atoms with Gasteiger partial charge in [0.05, 0.1) is 29.4 Å². The molecule has 4 heterocycles. The molecule has 1 aromatic carbocycles. The molecule has 1 aliphatic rings. The van der Waals surface area contributed by atoms with Gasteiger partial charge in [-0.25, -0.2) is 4.98 Å². The average Bonchev–Trinajstić information content (AvgIpc) is 3.44. The quantitative estimate of drug-likeness (QED) is 0.338. The van der Waals surface area contributed by atoms with Gasteiger partial charge in [-0.15, -0.1) is 0 Å². The number of aromatic nitrogens is 6. The summed E-state index contributed by atoms with van der Waals surface area (Å²) in [5, 5.41) is 23.1. The molecule has 3 N–H and O–H groups in total. The average molecular weight is 496 g/mol. The van der Waals surface area contributed by atoms with Crippen LogP contribution in [0.15, 0.2) is 55.0 Å². The first-order valence-electron chi connectivity index (χ1n) is 12.6. The lowest BCUT2D eigenvalue weighted by Crippen LogP contribution is -2.47. The highest BCUT2D eigenvalue weighted by Gasteiger charge is 2.36. The number of imidazole rings is 1. The van der Waals surface area contributed by atoms with E-state index in [0.29, 0.717) is 24.9 Å². The number of aliphatic hydroxyl groups is 1. The van der Waals surface area contributed by atoms with Gasteiger partial charge in [-0.05, 0) is 75.9 Å². The van der Waals surface area contributed by atoms with Crippen molar-refractivity contribution >= 4 is 27.8 Å². The summed E-state index contributed by atoms with van der Waals surface area (Å²) < 4.78 is 2.05. The smallest absolute Gasteiger partial charge is 0.251 e. The van der Waals surface area contributed by atoms with Crippen LogP contribution in [0.4, 0.5) is 0 Å². The van der Waals surface area contributed by atoms with E-state index < -0.39 is 5.60 Å². The molecule has 1 aliphatic carbocycles. The SMILES string of the molecule is Cc1cc(-c2n[nH]c3ccc(C(=O)N[C@H]4CCC[C@@](O)(Cn5c(C)nc6cnccc65)C4)cc23)ccn1. The Labute approximate surface area is 214 Å². The molecule has 5 aromatic rings. The Bertz CT molecular complexity index is 1620. The van der Waals surface area contributed by atoms with E-state index in [1.807, 2.05) is 50.2 Å². The highest BCUT2D eigenvalue weighted by molar-refractivity contribution is 6.01. The minimum Gasteiger partial charge on any atom is -0.388 e. The largest absolute Gasteiger partial charge is 0.388 e. The molecule has 0 unspecified atom stereocenters. The third-order valence-electron chi connectivity index (χ3n) is 7.35. The Kier molecular flexibility index (Phi) is 5.72.